The Kier molecular flexibility index (Phi) is 4.40. The maximum Gasteiger partial charge on any atom is 0.263 e. The molecule has 4 aromatic rings. The number of nitrogens with zero attached hydrogens (tertiary/aromatic N) is 6. The Balaban J connectivity index is 1.43. The normalized spacial score (nSPS) is 17.2. The molecule has 8 nitrogen and oxygen atoms in total. The van der Waals surface area contributed by atoms with Gasteiger partial charge in [-0.3, -0.25) is 9.48 Å². The van der Waals surface area contributed by atoms with E-state index in [0.717, 1.165) is 52.2 Å². The van der Waals surface area contributed by atoms with Gasteiger partial charge in [0.15, 0.2) is 5.65 Å². The molecule has 2 N–H and O–H groups in total. The summed E-state index contributed by atoms with van der Waals surface area (Å²) >= 11 is 1.45. The number of amides is 1. The van der Waals surface area contributed by atoms with Crippen molar-refractivity contribution in [1.82, 2.24) is 29.3 Å². The van der Waals surface area contributed by atoms with Crippen molar-refractivity contribution in [2.24, 2.45) is 12.8 Å². The molecule has 4 aromatic heterocycles. The maximum absolute atomic E-state index is 12.8. The number of carbonyl (C=O) groups excluding carboxylic acids is 1. The van der Waals surface area contributed by atoms with Crippen LogP contribution in [0, 0.1) is 0 Å². The SMILES string of the molecule is Cn1cc(-c2cnc3c(-c4csc(C(=O)N5CCCC(N)C5)c4)cnn3c2)cn1. The van der Waals surface area contributed by atoms with E-state index in [1.807, 2.05) is 42.0 Å². The lowest BCUT2D eigenvalue weighted by molar-refractivity contribution is 0.0714. The first-order valence-electron chi connectivity index (χ1n) is 9.54. The van der Waals surface area contributed by atoms with Gasteiger partial charge in [0.1, 0.15) is 0 Å². The minimum absolute atomic E-state index is 0.0553. The van der Waals surface area contributed by atoms with Gasteiger partial charge in [-0.15, -0.1) is 11.3 Å². The lowest BCUT2D eigenvalue weighted by atomic mass is 10.1. The number of piperidine rings is 1. The molecule has 0 radical (unpaired) electrons. The van der Waals surface area contributed by atoms with Crippen LogP contribution in [0.25, 0.3) is 27.9 Å². The zero-order valence-corrected chi connectivity index (χ0v) is 16.8. The van der Waals surface area contributed by atoms with E-state index in [-0.39, 0.29) is 11.9 Å². The van der Waals surface area contributed by atoms with Crippen LogP contribution in [0.4, 0.5) is 0 Å². The first-order valence-corrected chi connectivity index (χ1v) is 10.4. The largest absolute Gasteiger partial charge is 0.336 e. The second-order valence-corrected chi connectivity index (χ2v) is 8.34. The van der Waals surface area contributed by atoms with Crippen molar-refractivity contribution in [2.75, 3.05) is 13.1 Å². The van der Waals surface area contributed by atoms with E-state index in [1.165, 1.54) is 11.3 Å². The average molecular weight is 408 g/mol. The van der Waals surface area contributed by atoms with E-state index < -0.39 is 0 Å². The van der Waals surface area contributed by atoms with E-state index >= 15 is 0 Å². The van der Waals surface area contributed by atoms with Crippen LogP contribution in [0.3, 0.4) is 0 Å². The van der Waals surface area contributed by atoms with Crippen molar-refractivity contribution in [3.8, 4) is 22.3 Å². The molecule has 9 heteroatoms. The second kappa shape index (κ2) is 7.09. The second-order valence-electron chi connectivity index (χ2n) is 7.42. The van der Waals surface area contributed by atoms with Crippen molar-refractivity contribution in [2.45, 2.75) is 18.9 Å². The zero-order chi connectivity index (χ0) is 20.0. The number of hydrogen-bond acceptors (Lipinski definition) is 6. The Morgan fingerprint density at radius 3 is 2.83 bits per heavy atom. The Morgan fingerprint density at radius 2 is 2.03 bits per heavy atom. The van der Waals surface area contributed by atoms with Gasteiger partial charge in [0.25, 0.3) is 5.91 Å². The molecule has 5 rings (SSSR count). The zero-order valence-electron chi connectivity index (χ0n) is 16.0. The number of carbonyl (C=O) groups is 1. The predicted octanol–water partition coefficient (Wildman–Crippen LogP) is 2.42. The summed E-state index contributed by atoms with van der Waals surface area (Å²) in [7, 11) is 1.88. The Labute approximate surface area is 171 Å². The predicted molar refractivity (Wildman–Crippen MR) is 112 cm³/mol. The fourth-order valence-corrected chi connectivity index (χ4v) is 4.61. The number of nitrogens with two attached hydrogens (primary N) is 1. The van der Waals surface area contributed by atoms with Crippen LogP contribution < -0.4 is 5.73 Å². The fourth-order valence-electron chi connectivity index (χ4n) is 3.74. The molecule has 0 bridgehead atoms. The van der Waals surface area contributed by atoms with Gasteiger partial charge in [0.05, 0.1) is 17.3 Å². The molecular formula is C20H21N7OS. The highest BCUT2D eigenvalue weighted by Crippen LogP contribution is 2.30. The third-order valence-corrected chi connectivity index (χ3v) is 6.18. The summed E-state index contributed by atoms with van der Waals surface area (Å²) in [6.07, 6.45) is 11.2. The van der Waals surface area contributed by atoms with Crippen LogP contribution in [0.2, 0.25) is 0 Å². The molecular weight excluding hydrogens is 386 g/mol. The molecule has 1 amide bonds. The minimum atomic E-state index is 0.0553. The number of fused-ring (bicyclic) bond motifs is 1. The summed E-state index contributed by atoms with van der Waals surface area (Å²) in [5, 5.41) is 10.7. The van der Waals surface area contributed by atoms with E-state index in [9.17, 15) is 4.79 Å². The van der Waals surface area contributed by atoms with Gasteiger partial charge in [0, 0.05) is 61.5 Å². The van der Waals surface area contributed by atoms with Crippen molar-refractivity contribution in [3.63, 3.8) is 0 Å². The average Bonchev–Trinajstić information content (AvgIpc) is 3.45. The fraction of sp³-hybridized carbons (Fsp3) is 0.300. The summed E-state index contributed by atoms with van der Waals surface area (Å²) < 4.78 is 3.52. The standard InChI is InChI=1S/C20H21N7OS/c1-25-9-15(7-23-25)14-6-22-19-17(8-24-27(19)10-14)13-5-18(29-12-13)20(28)26-4-2-3-16(21)11-26/h5-10,12,16H,2-4,11,21H2,1H3. The van der Waals surface area contributed by atoms with Crippen molar-refractivity contribution < 1.29 is 4.79 Å². The summed E-state index contributed by atoms with van der Waals surface area (Å²) in [4.78, 5) is 20.0. The van der Waals surface area contributed by atoms with Crippen LogP contribution >= 0.6 is 11.3 Å². The highest BCUT2D eigenvalue weighted by molar-refractivity contribution is 7.12. The van der Waals surface area contributed by atoms with Crippen LogP contribution in [-0.4, -0.2) is 54.3 Å². The van der Waals surface area contributed by atoms with E-state index in [2.05, 4.69) is 15.2 Å². The number of rotatable bonds is 3. The van der Waals surface area contributed by atoms with Gasteiger partial charge < -0.3 is 10.6 Å². The van der Waals surface area contributed by atoms with E-state index in [1.54, 1.807) is 21.6 Å². The molecule has 1 aliphatic heterocycles. The highest BCUT2D eigenvalue weighted by Gasteiger charge is 2.24. The van der Waals surface area contributed by atoms with Gasteiger partial charge in [-0.25, -0.2) is 9.50 Å². The number of hydrogen-bond donors (Lipinski definition) is 1. The molecule has 5 heterocycles. The molecule has 1 atom stereocenters. The molecule has 148 valence electrons. The third kappa shape index (κ3) is 3.32. The molecule has 0 spiro atoms. The molecule has 1 saturated heterocycles. The third-order valence-electron chi connectivity index (χ3n) is 5.26. The number of aromatic nitrogens is 5. The van der Waals surface area contributed by atoms with Crippen LogP contribution in [0.1, 0.15) is 22.5 Å². The number of thiophene rings is 1. The van der Waals surface area contributed by atoms with Gasteiger partial charge in [0.2, 0.25) is 0 Å². The Bertz CT molecular complexity index is 1190. The molecule has 0 aromatic carbocycles. The molecule has 0 aliphatic carbocycles. The van der Waals surface area contributed by atoms with Gasteiger partial charge >= 0.3 is 0 Å². The summed E-state index contributed by atoms with van der Waals surface area (Å²) in [6, 6.07) is 2.01. The van der Waals surface area contributed by atoms with Gasteiger partial charge in [-0.05, 0) is 29.9 Å². The van der Waals surface area contributed by atoms with Crippen molar-refractivity contribution in [3.05, 3.63) is 47.3 Å². The topological polar surface area (TPSA) is 94.3 Å². The van der Waals surface area contributed by atoms with E-state index in [4.69, 9.17) is 5.73 Å². The molecule has 29 heavy (non-hydrogen) atoms. The lowest BCUT2D eigenvalue weighted by Gasteiger charge is -2.30. The Hall–Kier alpha value is -3.04. The van der Waals surface area contributed by atoms with Crippen LogP contribution in [0.5, 0.6) is 0 Å². The summed E-state index contributed by atoms with van der Waals surface area (Å²) in [5.41, 5.74) is 10.6. The van der Waals surface area contributed by atoms with Gasteiger partial charge in [-0.1, -0.05) is 0 Å². The first kappa shape index (κ1) is 18.0. The van der Waals surface area contributed by atoms with Crippen molar-refractivity contribution >= 4 is 22.9 Å². The molecule has 0 saturated carbocycles. The highest BCUT2D eigenvalue weighted by atomic mass is 32.1. The maximum atomic E-state index is 12.8. The van der Waals surface area contributed by atoms with Crippen molar-refractivity contribution in [1.29, 1.82) is 0 Å². The van der Waals surface area contributed by atoms with Gasteiger partial charge in [-0.2, -0.15) is 10.2 Å². The van der Waals surface area contributed by atoms with Crippen LogP contribution in [0.15, 0.2) is 42.4 Å². The summed E-state index contributed by atoms with van der Waals surface area (Å²) in [6.45, 7) is 1.40. The van der Waals surface area contributed by atoms with E-state index in [0.29, 0.717) is 6.54 Å². The summed E-state index contributed by atoms with van der Waals surface area (Å²) in [5.74, 6) is 0.0553. The first-order chi connectivity index (χ1) is 14.1. The minimum Gasteiger partial charge on any atom is -0.336 e. The Morgan fingerprint density at radius 1 is 1.17 bits per heavy atom. The number of likely N-dealkylation sites (tertiary alicyclic amines) is 1. The smallest absolute Gasteiger partial charge is 0.263 e. The van der Waals surface area contributed by atoms with Crippen LogP contribution in [-0.2, 0) is 7.05 Å². The quantitative estimate of drug-likeness (QED) is 0.563. The molecule has 1 fully saturated rings. The lowest BCUT2D eigenvalue weighted by Crippen LogP contribution is -2.45. The monoisotopic (exact) mass is 407 g/mol. The molecule has 1 aliphatic rings. The number of aryl methyl sites for hydroxylation is 1. The molecule has 1 unspecified atom stereocenters.